The number of thiocarbonyl (C=S) groups is 1. The first kappa shape index (κ1) is 14.4. The molecular formula is C15H14F2N2S. The summed E-state index contributed by atoms with van der Waals surface area (Å²) in [6, 6.07) is 9.16. The molecule has 20 heavy (non-hydrogen) atoms. The highest BCUT2D eigenvalue weighted by Crippen LogP contribution is 2.18. The summed E-state index contributed by atoms with van der Waals surface area (Å²) < 4.78 is 26.7. The molecule has 0 aliphatic heterocycles. The summed E-state index contributed by atoms with van der Waals surface area (Å²) in [5.74, 6) is -0.679. The first-order valence-corrected chi connectivity index (χ1v) is 6.47. The highest BCUT2D eigenvalue weighted by Gasteiger charge is 2.06. The Morgan fingerprint density at radius 1 is 0.950 bits per heavy atom. The summed E-state index contributed by atoms with van der Waals surface area (Å²) in [5.41, 5.74) is 2.53. The van der Waals surface area contributed by atoms with Crippen LogP contribution in [-0.4, -0.2) is 5.11 Å². The maximum Gasteiger partial charge on any atom is 0.175 e. The van der Waals surface area contributed by atoms with Crippen molar-refractivity contribution in [3.8, 4) is 0 Å². The number of benzene rings is 2. The van der Waals surface area contributed by atoms with Crippen LogP contribution in [0.3, 0.4) is 0 Å². The van der Waals surface area contributed by atoms with Crippen molar-refractivity contribution in [1.29, 1.82) is 0 Å². The molecule has 0 aromatic heterocycles. The van der Waals surface area contributed by atoms with Gasteiger partial charge in [-0.1, -0.05) is 6.07 Å². The van der Waals surface area contributed by atoms with Gasteiger partial charge in [0.2, 0.25) is 0 Å². The first-order valence-electron chi connectivity index (χ1n) is 6.06. The number of halogens is 2. The zero-order valence-corrected chi connectivity index (χ0v) is 11.9. The zero-order chi connectivity index (χ0) is 14.7. The monoisotopic (exact) mass is 292 g/mol. The lowest BCUT2D eigenvalue weighted by atomic mass is 10.2. The van der Waals surface area contributed by atoms with Crippen LogP contribution in [-0.2, 0) is 0 Å². The molecule has 0 unspecified atom stereocenters. The van der Waals surface area contributed by atoms with Crippen molar-refractivity contribution in [3.05, 3.63) is 59.2 Å². The normalized spacial score (nSPS) is 10.2. The third-order valence-corrected chi connectivity index (χ3v) is 3.01. The summed E-state index contributed by atoms with van der Waals surface area (Å²) in [4.78, 5) is 0. The lowest BCUT2D eigenvalue weighted by Crippen LogP contribution is -2.20. The molecule has 2 aromatic rings. The van der Waals surface area contributed by atoms with Crippen LogP contribution in [0.5, 0.6) is 0 Å². The van der Waals surface area contributed by atoms with Crippen molar-refractivity contribution in [2.75, 3.05) is 10.6 Å². The minimum atomic E-state index is -0.370. The lowest BCUT2D eigenvalue weighted by Gasteiger charge is -2.13. The Hall–Kier alpha value is -2.01. The smallest absolute Gasteiger partial charge is 0.175 e. The van der Waals surface area contributed by atoms with Gasteiger partial charge in [-0.2, -0.15) is 0 Å². The van der Waals surface area contributed by atoms with E-state index in [1.54, 1.807) is 25.1 Å². The topological polar surface area (TPSA) is 24.1 Å². The van der Waals surface area contributed by atoms with Crippen LogP contribution in [0.2, 0.25) is 0 Å². The fourth-order valence-corrected chi connectivity index (χ4v) is 1.98. The van der Waals surface area contributed by atoms with Crippen LogP contribution in [0.1, 0.15) is 11.1 Å². The summed E-state index contributed by atoms with van der Waals surface area (Å²) in [5, 5.41) is 5.95. The molecule has 0 bridgehead atoms. The van der Waals surface area contributed by atoms with Crippen LogP contribution in [0, 0.1) is 25.5 Å². The quantitative estimate of drug-likeness (QED) is 0.803. The third-order valence-electron chi connectivity index (χ3n) is 2.81. The molecule has 0 fully saturated rings. The van der Waals surface area contributed by atoms with Crippen LogP contribution >= 0.6 is 12.2 Å². The third kappa shape index (κ3) is 3.51. The average molecular weight is 292 g/mol. The molecule has 0 atom stereocenters. The minimum absolute atomic E-state index is 0.252. The molecule has 2 N–H and O–H groups in total. The van der Waals surface area contributed by atoms with Gasteiger partial charge in [-0.25, -0.2) is 8.78 Å². The molecule has 104 valence electrons. The van der Waals surface area contributed by atoms with Gasteiger partial charge in [0.25, 0.3) is 0 Å². The second-order valence-corrected chi connectivity index (χ2v) is 4.93. The highest BCUT2D eigenvalue weighted by molar-refractivity contribution is 7.80. The maximum absolute atomic E-state index is 13.7. The van der Waals surface area contributed by atoms with Crippen LogP contribution in [0.15, 0.2) is 36.4 Å². The number of rotatable bonds is 2. The van der Waals surface area contributed by atoms with E-state index in [0.717, 1.165) is 11.1 Å². The van der Waals surface area contributed by atoms with E-state index in [0.29, 0.717) is 11.4 Å². The van der Waals surface area contributed by atoms with E-state index in [9.17, 15) is 8.78 Å². The Morgan fingerprint density at radius 2 is 1.60 bits per heavy atom. The van der Waals surface area contributed by atoms with E-state index >= 15 is 0 Å². The molecule has 0 aliphatic rings. The Labute approximate surface area is 121 Å². The molecule has 0 aliphatic carbocycles. The van der Waals surface area contributed by atoms with E-state index in [4.69, 9.17) is 12.2 Å². The molecule has 5 heteroatoms. The van der Waals surface area contributed by atoms with Gasteiger partial charge in [-0.3, -0.25) is 0 Å². The molecular weight excluding hydrogens is 278 g/mol. The highest BCUT2D eigenvalue weighted by atomic mass is 32.1. The summed E-state index contributed by atoms with van der Waals surface area (Å²) >= 11 is 5.12. The van der Waals surface area contributed by atoms with Crippen molar-refractivity contribution in [3.63, 3.8) is 0 Å². The summed E-state index contributed by atoms with van der Waals surface area (Å²) in [6.45, 7) is 3.58. The molecule has 2 nitrogen and oxygen atoms in total. The van der Waals surface area contributed by atoms with Crippen molar-refractivity contribution in [2.24, 2.45) is 0 Å². The molecule has 2 rings (SSSR count). The van der Waals surface area contributed by atoms with Crippen LogP contribution in [0.4, 0.5) is 20.2 Å². The van der Waals surface area contributed by atoms with Gasteiger partial charge >= 0.3 is 0 Å². The Kier molecular flexibility index (Phi) is 4.29. The SMILES string of the molecule is Cc1ccc(NC(=S)Nc2ccc(F)cc2C)c(F)c1. The molecule has 0 radical (unpaired) electrons. The predicted octanol–water partition coefficient (Wildman–Crippen LogP) is 4.39. The Bertz CT molecular complexity index is 601. The van der Waals surface area contributed by atoms with Crippen LogP contribution < -0.4 is 10.6 Å². The van der Waals surface area contributed by atoms with Gasteiger partial charge in [0, 0.05) is 5.69 Å². The maximum atomic E-state index is 13.7. The molecule has 0 amide bonds. The summed E-state index contributed by atoms with van der Waals surface area (Å²) in [6.07, 6.45) is 0. The lowest BCUT2D eigenvalue weighted by molar-refractivity contribution is 0.627. The van der Waals surface area contributed by atoms with Gasteiger partial charge in [0.1, 0.15) is 11.6 Å². The van der Waals surface area contributed by atoms with E-state index in [1.165, 1.54) is 18.2 Å². The van der Waals surface area contributed by atoms with Crippen molar-refractivity contribution in [2.45, 2.75) is 13.8 Å². The van der Waals surface area contributed by atoms with Gasteiger partial charge in [-0.15, -0.1) is 0 Å². The second kappa shape index (κ2) is 5.96. The van der Waals surface area contributed by atoms with Crippen molar-refractivity contribution < 1.29 is 8.78 Å². The van der Waals surface area contributed by atoms with Gasteiger partial charge < -0.3 is 10.6 Å². The number of nitrogens with one attached hydrogen (secondary N) is 2. The zero-order valence-electron chi connectivity index (χ0n) is 11.1. The fraction of sp³-hybridized carbons (Fsp3) is 0.133. The Morgan fingerprint density at radius 3 is 2.25 bits per heavy atom. The van der Waals surface area contributed by atoms with E-state index in [1.807, 2.05) is 6.92 Å². The Balaban J connectivity index is 2.09. The van der Waals surface area contributed by atoms with Gasteiger partial charge in [0.15, 0.2) is 5.11 Å². The van der Waals surface area contributed by atoms with Crippen molar-refractivity contribution in [1.82, 2.24) is 0 Å². The van der Waals surface area contributed by atoms with E-state index in [-0.39, 0.29) is 16.7 Å². The predicted molar refractivity (Wildman–Crippen MR) is 82.1 cm³/mol. The second-order valence-electron chi connectivity index (χ2n) is 4.52. The van der Waals surface area contributed by atoms with E-state index < -0.39 is 0 Å². The number of aryl methyl sites for hydroxylation is 2. The number of hydrogen-bond donors (Lipinski definition) is 2. The van der Waals surface area contributed by atoms with Gasteiger partial charge in [-0.05, 0) is 67.5 Å². The van der Waals surface area contributed by atoms with Crippen molar-refractivity contribution >= 4 is 28.7 Å². The van der Waals surface area contributed by atoms with Gasteiger partial charge in [0.05, 0.1) is 5.69 Å². The molecule has 0 heterocycles. The molecule has 2 aromatic carbocycles. The molecule has 0 saturated heterocycles. The standard InChI is InChI=1S/C15H14F2N2S/c1-9-3-5-14(12(17)7-9)19-15(20)18-13-6-4-11(16)8-10(13)2/h3-8H,1-2H3,(H2,18,19,20). The number of hydrogen-bond acceptors (Lipinski definition) is 1. The largest absolute Gasteiger partial charge is 0.332 e. The summed E-state index contributed by atoms with van der Waals surface area (Å²) in [7, 11) is 0. The average Bonchev–Trinajstić information content (AvgIpc) is 2.36. The molecule has 0 spiro atoms. The minimum Gasteiger partial charge on any atom is -0.332 e. The number of anilines is 2. The fourth-order valence-electron chi connectivity index (χ4n) is 1.76. The van der Waals surface area contributed by atoms with Crippen LogP contribution in [0.25, 0.3) is 0 Å². The van der Waals surface area contributed by atoms with E-state index in [2.05, 4.69) is 10.6 Å². The first-order chi connectivity index (χ1) is 9.45. The molecule has 0 saturated carbocycles.